The SMILES string of the molecule is COC=C1N(c2c(C)cc(C)cc2C)C=CN1c1c(C)cc(C)cc1C. The van der Waals surface area contributed by atoms with E-state index in [9.17, 15) is 0 Å². The minimum atomic E-state index is 0.998. The van der Waals surface area contributed by atoms with Crippen LogP contribution in [0.1, 0.15) is 33.4 Å². The Bertz CT molecular complexity index is 793. The number of hydrogen-bond acceptors (Lipinski definition) is 3. The van der Waals surface area contributed by atoms with E-state index in [2.05, 4.69) is 88.0 Å². The summed E-state index contributed by atoms with van der Waals surface area (Å²) in [6.45, 7) is 12.9. The lowest BCUT2D eigenvalue weighted by molar-refractivity contribution is 0.333. The van der Waals surface area contributed by atoms with Gasteiger partial charge in [0.2, 0.25) is 0 Å². The summed E-state index contributed by atoms with van der Waals surface area (Å²) in [7, 11) is 1.70. The first-order chi connectivity index (χ1) is 12.3. The fourth-order valence-corrected chi connectivity index (χ4v) is 4.10. The molecule has 0 bridgehead atoms. The highest BCUT2D eigenvalue weighted by atomic mass is 16.5. The van der Waals surface area contributed by atoms with E-state index in [1.54, 1.807) is 7.11 Å². The molecule has 2 aromatic carbocycles. The van der Waals surface area contributed by atoms with Gasteiger partial charge in [0.1, 0.15) is 6.26 Å². The van der Waals surface area contributed by atoms with Crippen LogP contribution >= 0.6 is 0 Å². The summed E-state index contributed by atoms with van der Waals surface area (Å²) in [5.74, 6) is 0.998. The third-order valence-electron chi connectivity index (χ3n) is 4.83. The number of methoxy groups -OCH3 is 1. The molecule has 2 aromatic rings. The van der Waals surface area contributed by atoms with E-state index in [0.717, 1.165) is 5.82 Å². The summed E-state index contributed by atoms with van der Waals surface area (Å²) in [6, 6.07) is 8.91. The van der Waals surface area contributed by atoms with Crippen LogP contribution < -0.4 is 9.80 Å². The van der Waals surface area contributed by atoms with Crippen LogP contribution in [0.4, 0.5) is 11.4 Å². The van der Waals surface area contributed by atoms with Crippen molar-refractivity contribution in [1.29, 1.82) is 0 Å². The van der Waals surface area contributed by atoms with E-state index < -0.39 is 0 Å². The molecule has 26 heavy (non-hydrogen) atoms. The Kier molecular flexibility index (Phi) is 4.82. The third-order valence-corrected chi connectivity index (χ3v) is 4.83. The van der Waals surface area contributed by atoms with Crippen LogP contribution in [0.3, 0.4) is 0 Å². The number of benzene rings is 2. The second-order valence-electron chi connectivity index (χ2n) is 7.24. The van der Waals surface area contributed by atoms with Gasteiger partial charge >= 0.3 is 0 Å². The Labute approximate surface area is 157 Å². The molecule has 1 aliphatic heterocycles. The molecule has 0 unspecified atom stereocenters. The highest BCUT2D eigenvalue weighted by molar-refractivity contribution is 5.75. The first-order valence-corrected chi connectivity index (χ1v) is 8.99. The second-order valence-corrected chi connectivity index (χ2v) is 7.24. The molecule has 1 heterocycles. The van der Waals surface area contributed by atoms with Crippen molar-refractivity contribution >= 4 is 11.4 Å². The summed E-state index contributed by atoms with van der Waals surface area (Å²) in [4.78, 5) is 4.43. The van der Waals surface area contributed by atoms with E-state index in [4.69, 9.17) is 4.74 Å². The summed E-state index contributed by atoms with van der Waals surface area (Å²) in [6.07, 6.45) is 6.06. The molecule has 3 rings (SSSR count). The van der Waals surface area contributed by atoms with Gasteiger partial charge in [-0.05, 0) is 63.8 Å². The molecule has 0 N–H and O–H groups in total. The van der Waals surface area contributed by atoms with E-state index in [-0.39, 0.29) is 0 Å². The zero-order valence-electron chi connectivity index (χ0n) is 16.8. The highest BCUT2D eigenvalue weighted by Crippen LogP contribution is 2.38. The lowest BCUT2D eigenvalue weighted by Crippen LogP contribution is -2.25. The van der Waals surface area contributed by atoms with E-state index in [1.165, 1.54) is 44.8 Å². The van der Waals surface area contributed by atoms with Crippen molar-refractivity contribution in [3.8, 4) is 0 Å². The fourth-order valence-electron chi connectivity index (χ4n) is 4.10. The number of aryl methyl sites for hydroxylation is 6. The van der Waals surface area contributed by atoms with Gasteiger partial charge in [-0.15, -0.1) is 0 Å². The predicted molar refractivity (Wildman–Crippen MR) is 110 cm³/mol. The minimum Gasteiger partial charge on any atom is -0.501 e. The van der Waals surface area contributed by atoms with E-state index in [0.29, 0.717) is 0 Å². The molecule has 0 fully saturated rings. The van der Waals surface area contributed by atoms with Gasteiger partial charge < -0.3 is 4.74 Å². The van der Waals surface area contributed by atoms with Gasteiger partial charge in [0.25, 0.3) is 0 Å². The zero-order chi connectivity index (χ0) is 19.0. The molecule has 1 aliphatic rings. The molecule has 0 saturated heterocycles. The molecule has 136 valence electrons. The van der Waals surface area contributed by atoms with Crippen molar-refractivity contribution in [1.82, 2.24) is 0 Å². The van der Waals surface area contributed by atoms with Gasteiger partial charge in [0.15, 0.2) is 5.82 Å². The van der Waals surface area contributed by atoms with E-state index in [1.807, 2.05) is 6.26 Å². The van der Waals surface area contributed by atoms with Gasteiger partial charge in [0, 0.05) is 12.4 Å². The lowest BCUT2D eigenvalue weighted by atomic mass is 10.0. The molecule has 0 amide bonds. The Hall–Kier alpha value is -2.68. The molecular formula is C23H28N2O. The van der Waals surface area contributed by atoms with Crippen molar-refractivity contribution in [2.75, 3.05) is 16.9 Å². The summed E-state index contributed by atoms with van der Waals surface area (Å²) < 4.78 is 5.45. The van der Waals surface area contributed by atoms with Gasteiger partial charge in [-0.1, -0.05) is 35.4 Å². The van der Waals surface area contributed by atoms with Gasteiger partial charge in [-0.3, -0.25) is 9.80 Å². The Morgan fingerprint density at radius 3 is 1.31 bits per heavy atom. The van der Waals surface area contributed by atoms with Crippen molar-refractivity contribution < 1.29 is 4.74 Å². The van der Waals surface area contributed by atoms with Crippen molar-refractivity contribution in [2.24, 2.45) is 0 Å². The largest absolute Gasteiger partial charge is 0.501 e. The maximum atomic E-state index is 5.45. The quantitative estimate of drug-likeness (QED) is 0.654. The first-order valence-electron chi connectivity index (χ1n) is 8.99. The first kappa shape index (κ1) is 18.1. The second kappa shape index (κ2) is 6.91. The van der Waals surface area contributed by atoms with Crippen LogP contribution in [0.25, 0.3) is 0 Å². The number of hydrogen-bond donors (Lipinski definition) is 0. The van der Waals surface area contributed by atoms with Gasteiger partial charge in [-0.2, -0.15) is 0 Å². The summed E-state index contributed by atoms with van der Waals surface area (Å²) in [5, 5.41) is 0. The molecule has 0 saturated carbocycles. The molecule has 3 heteroatoms. The molecule has 0 aliphatic carbocycles. The topological polar surface area (TPSA) is 15.7 Å². The Balaban J connectivity index is 2.12. The molecule has 0 atom stereocenters. The number of nitrogens with zero attached hydrogens (tertiary/aromatic N) is 2. The van der Waals surface area contributed by atoms with Gasteiger partial charge in [0.05, 0.1) is 18.5 Å². The number of rotatable bonds is 3. The maximum absolute atomic E-state index is 5.45. The third kappa shape index (κ3) is 3.10. The van der Waals surface area contributed by atoms with Crippen LogP contribution in [0.15, 0.2) is 48.7 Å². The van der Waals surface area contributed by atoms with Crippen molar-refractivity contribution in [3.05, 3.63) is 82.1 Å². The smallest absolute Gasteiger partial charge is 0.157 e. The predicted octanol–water partition coefficient (Wildman–Crippen LogP) is 5.78. The Morgan fingerprint density at radius 2 is 1.00 bits per heavy atom. The normalized spacial score (nSPS) is 13.6. The lowest BCUT2D eigenvalue weighted by Gasteiger charge is -2.29. The standard InChI is InChI=1S/C23H28N2O/c1-15-10-17(3)22(18(4)11-15)24-8-9-25(21(24)14-26-7)23-19(5)12-16(2)13-20(23)6/h8-14H,1-7H3. The average Bonchev–Trinajstić information content (AvgIpc) is 2.89. The van der Waals surface area contributed by atoms with Crippen LogP contribution in [-0.2, 0) is 4.74 Å². The van der Waals surface area contributed by atoms with Crippen LogP contribution in [0.2, 0.25) is 0 Å². The van der Waals surface area contributed by atoms with E-state index >= 15 is 0 Å². The van der Waals surface area contributed by atoms with Crippen LogP contribution in [-0.4, -0.2) is 7.11 Å². The zero-order valence-corrected chi connectivity index (χ0v) is 16.8. The van der Waals surface area contributed by atoms with Crippen LogP contribution in [0.5, 0.6) is 0 Å². The molecule has 0 spiro atoms. The van der Waals surface area contributed by atoms with Crippen molar-refractivity contribution in [2.45, 2.75) is 41.5 Å². The summed E-state index contributed by atoms with van der Waals surface area (Å²) in [5.41, 5.74) is 10.0. The minimum absolute atomic E-state index is 0.998. The molecular weight excluding hydrogens is 320 g/mol. The fraction of sp³-hybridized carbons (Fsp3) is 0.304. The molecule has 0 radical (unpaired) electrons. The average molecular weight is 348 g/mol. The molecule has 3 nitrogen and oxygen atoms in total. The number of anilines is 2. The number of ether oxygens (including phenoxy) is 1. The molecule has 0 aromatic heterocycles. The van der Waals surface area contributed by atoms with Gasteiger partial charge in [-0.25, -0.2) is 0 Å². The van der Waals surface area contributed by atoms with Crippen LogP contribution in [0, 0.1) is 41.5 Å². The van der Waals surface area contributed by atoms with Crippen molar-refractivity contribution in [3.63, 3.8) is 0 Å². The highest BCUT2D eigenvalue weighted by Gasteiger charge is 2.27. The Morgan fingerprint density at radius 1 is 0.654 bits per heavy atom. The maximum Gasteiger partial charge on any atom is 0.157 e. The monoisotopic (exact) mass is 348 g/mol. The summed E-state index contributed by atoms with van der Waals surface area (Å²) >= 11 is 0.